The van der Waals surface area contributed by atoms with Crippen LogP contribution >= 0.6 is 0 Å². The Kier molecular flexibility index (Phi) is 24.6. The third-order valence-electron chi connectivity index (χ3n) is 14.5. The van der Waals surface area contributed by atoms with Crippen LogP contribution in [0.2, 0.25) is 0 Å². The number of unbranched alkanes of at least 4 members (excludes halogenated alkanes) is 5. The zero-order chi connectivity index (χ0) is 55.7. The molecular weight excluding hydrogens is 979 g/mol. The Morgan fingerprint density at radius 1 is 0.760 bits per heavy atom. The molecule has 3 aliphatic rings. The van der Waals surface area contributed by atoms with Gasteiger partial charge in [-0.25, -0.2) is 0 Å². The smallest absolute Gasteiger partial charge is 0.248 e. The molecular formula is C51H81N9O15. The largest absolute Gasteiger partial charge is 0.508 e. The van der Waals surface area contributed by atoms with Gasteiger partial charge in [0, 0.05) is 32.4 Å². The normalized spacial score (nSPS) is 28.9. The van der Waals surface area contributed by atoms with Crippen LogP contribution in [0.1, 0.15) is 129 Å². The lowest BCUT2D eigenvalue weighted by atomic mass is 9.91. The number of phenolic OH excluding ortho intramolecular Hbond substituents is 1. The number of benzene rings is 1. The molecule has 0 radical (unpaired) electrons. The predicted octanol–water partition coefficient (Wildman–Crippen LogP) is -2.29. The van der Waals surface area contributed by atoms with Crippen molar-refractivity contribution in [2.45, 2.75) is 203 Å². The highest BCUT2D eigenvalue weighted by Gasteiger charge is 2.49. The number of phenols is 1. The minimum absolute atomic E-state index is 0.0606. The molecule has 0 bridgehead atoms. The summed E-state index contributed by atoms with van der Waals surface area (Å²) in [5.74, 6) is -6.83. The van der Waals surface area contributed by atoms with Gasteiger partial charge in [-0.3, -0.25) is 33.6 Å². The van der Waals surface area contributed by atoms with E-state index >= 15 is 0 Å². The fourth-order valence-electron chi connectivity index (χ4n) is 9.94. The van der Waals surface area contributed by atoms with Crippen molar-refractivity contribution in [2.75, 3.05) is 19.6 Å². The van der Waals surface area contributed by atoms with Crippen molar-refractivity contribution in [1.29, 1.82) is 5.26 Å². The molecule has 3 saturated heterocycles. The summed E-state index contributed by atoms with van der Waals surface area (Å²) in [5.41, 5.74) is 5.64. The maximum atomic E-state index is 14.4. The van der Waals surface area contributed by atoms with Crippen molar-refractivity contribution in [3.8, 4) is 11.8 Å². The third-order valence-corrected chi connectivity index (χ3v) is 14.5. The minimum Gasteiger partial charge on any atom is -0.508 e. The molecule has 4 rings (SSSR count). The van der Waals surface area contributed by atoms with E-state index in [0.717, 1.165) is 67.4 Å². The molecule has 1 aromatic carbocycles. The zero-order valence-corrected chi connectivity index (χ0v) is 43.4. The minimum atomic E-state index is -2.29. The van der Waals surface area contributed by atoms with Gasteiger partial charge < -0.3 is 83.0 Å². The number of carbonyl (C=O) groups is 7. The maximum absolute atomic E-state index is 14.4. The van der Waals surface area contributed by atoms with Crippen LogP contribution in [-0.4, -0.2) is 191 Å². The molecule has 24 nitrogen and oxygen atoms in total. The van der Waals surface area contributed by atoms with E-state index in [9.17, 15) is 79.7 Å². The first-order valence-corrected chi connectivity index (χ1v) is 26.3. The van der Waals surface area contributed by atoms with Crippen molar-refractivity contribution in [1.82, 2.24) is 36.4 Å². The Morgan fingerprint density at radius 2 is 1.37 bits per heavy atom. The average Bonchev–Trinajstić information content (AvgIpc) is 3.97. The standard InChI is InChI=1S/C51H81N9O15/c1-5-27(2)22-28(3)12-10-8-6-7-9-11-13-39(67)54-33-24-38(66)34(25-53)55-49(73)43-37(65)19-21-59(43)51(75)41(36(64)18-20-52)57-48(72)42(45(69)44(68)30-14-16-31(62)17-15-30)58-47(71)35-23-32(63)26-60(35)50(74)40(29(4)61)56-46(33)70/h14-17,27-29,32-38,40-45,61-66,68-69H,5-13,18-24,26,52H2,1-4H3,(H,54,67)(H,55,73)(H,56,70)(H,57,72)(H,58,71)/t27?,28?,29-,32-,33+,34-,35+,36-,37+,38-,40+,41+,42+,43+,44+,45+/m1/s1. The van der Waals surface area contributed by atoms with Crippen molar-refractivity contribution >= 4 is 41.4 Å². The lowest BCUT2D eigenvalue weighted by Gasteiger charge is -2.34. The number of fused-ring (bicyclic) bond motifs is 2. The summed E-state index contributed by atoms with van der Waals surface area (Å²) < 4.78 is 0. The van der Waals surface area contributed by atoms with Gasteiger partial charge in [0.25, 0.3) is 0 Å². The van der Waals surface area contributed by atoms with Crippen LogP contribution in [0.15, 0.2) is 24.3 Å². The second-order valence-electron chi connectivity index (χ2n) is 20.7. The molecule has 24 heteroatoms. The SMILES string of the molecule is CCC(C)CC(C)CCCCCCCCC(=O)N[C@H]1C[C@@H](O)[C@@H](C#N)NC(=O)[C@@H]2[C@@H](O)CCN2C(=O)[C@H]([C@H](O)CCN)NC(=O)[C@H]([C@H](O)[C@@H](O)c2ccc(O)cc2)NC(=O)[C@@H]2C[C@@H](O)CN2C(=O)[C@H]([C@@H](C)O)NC1=O. The van der Waals surface area contributed by atoms with Crippen molar-refractivity contribution in [2.24, 2.45) is 17.6 Å². The Balaban J connectivity index is 1.70. The summed E-state index contributed by atoms with van der Waals surface area (Å²) in [4.78, 5) is 101. The van der Waals surface area contributed by atoms with Crippen LogP contribution in [-0.2, 0) is 33.6 Å². The fourth-order valence-corrected chi connectivity index (χ4v) is 9.94. The summed E-state index contributed by atoms with van der Waals surface area (Å²) >= 11 is 0. The zero-order valence-electron chi connectivity index (χ0n) is 43.4. The van der Waals surface area contributed by atoms with E-state index in [1.54, 1.807) is 6.07 Å². The van der Waals surface area contributed by atoms with Crippen LogP contribution in [0.3, 0.4) is 0 Å². The van der Waals surface area contributed by atoms with E-state index in [2.05, 4.69) is 47.4 Å². The maximum Gasteiger partial charge on any atom is 0.248 e. The molecule has 2 unspecified atom stereocenters. The molecule has 15 N–H and O–H groups in total. The number of nitrogens with one attached hydrogen (secondary N) is 5. The van der Waals surface area contributed by atoms with Gasteiger partial charge in [0.15, 0.2) is 0 Å². The lowest BCUT2D eigenvalue weighted by Crippen LogP contribution is -2.64. The first-order valence-electron chi connectivity index (χ1n) is 26.3. The molecule has 3 fully saturated rings. The predicted molar refractivity (Wildman–Crippen MR) is 269 cm³/mol. The van der Waals surface area contributed by atoms with E-state index in [1.807, 2.05) is 0 Å². The molecule has 0 spiro atoms. The van der Waals surface area contributed by atoms with Gasteiger partial charge in [0.2, 0.25) is 41.4 Å². The summed E-state index contributed by atoms with van der Waals surface area (Å²) in [6.07, 6.45) is -6.18. The number of aliphatic hydroxyl groups excluding tert-OH is 7. The van der Waals surface area contributed by atoms with E-state index in [4.69, 9.17) is 5.73 Å². The number of nitrogens with two attached hydrogens (primary N) is 1. The molecule has 1 aromatic rings. The molecule has 3 heterocycles. The molecule has 75 heavy (non-hydrogen) atoms. The quantitative estimate of drug-likeness (QED) is 0.0611. The second-order valence-corrected chi connectivity index (χ2v) is 20.7. The Labute approximate surface area is 437 Å². The molecule has 420 valence electrons. The average molecular weight is 1060 g/mol. The lowest BCUT2D eigenvalue weighted by molar-refractivity contribution is -0.148. The van der Waals surface area contributed by atoms with E-state index in [1.165, 1.54) is 18.6 Å². The van der Waals surface area contributed by atoms with Gasteiger partial charge in [0.1, 0.15) is 60.3 Å². The van der Waals surface area contributed by atoms with Crippen LogP contribution in [0.5, 0.6) is 5.75 Å². The van der Waals surface area contributed by atoms with Gasteiger partial charge >= 0.3 is 0 Å². The number of carbonyl (C=O) groups excluding carboxylic acids is 7. The molecule has 7 amide bonds. The first-order chi connectivity index (χ1) is 35.5. The van der Waals surface area contributed by atoms with Gasteiger partial charge in [-0.15, -0.1) is 0 Å². The van der Waals surface area contributed by atoms with Crippen LogP contribution in [0.25, 0.3) is 0 Å². The topological polar surface area (TPSA) is 398 Å². The molecule has 16 atom stereocenters. The Hall–Kier alpha value is -5.52. The van der Waals surface area contributed by atoms with E-state index in [-0.39, 0.29) is 43.7 Å². The molecule has 0 aromatic heterocycles. The number of rotatable bonds is 20. The number of nitriles is 1. The summed E-state index contributed by atoms with van der Waals surface area (Å²) in [6.45, 7) is 6.67. The van der Waals surface area contributed by atoms with E-state index < -0.39 is 146 Å². The fraction of sp³-hybridized carbons (Fsp3) is 0.725. The van der Waals surface area contributed by atoms with Crippen molar-refractivity contribution in [3.63, 3.8) is 0 Å². The summed E-state index contributed by atoms with van der Waals surface area (Å²) in [7, 11) is 0. The number of nitrogens with zero attached hydrogens (tertiary/aromatic N) is 3. The van der Waals surface area contributed by atoms with Gasteiger partial charge in [-0.05, 0) is 68.7 Å². The highest BCUT2D eigenvalue weighted by molar-refractivity contribution is 5.98. The first kappa shape index (κ1) is 62.0. The third kappa shape index (κ3) is 17.5. The van der Waals surface area contributed by atoms with Crippen molar-refractivity contribution in [3.05, 3.63) is 29.8 Å². The Bertz CT molecular complexity index is 2110. The number of amides is 7. The molecule has 3 aliphatic heterocycles. The Morgan fingerprint density at radius 3 is 2.00 bits per heavy atom. The number of aliphatic hydroxyl groups is 7. The number of hydrogen-bond acceptors (Lipinski definition) is 17. The highest BCUT2D eigenvalue weighted by Crippen LogP contribution is 2.27. The molecule has 0 aliphatic carbocycles. The molecule has 0 saturated carbocycles. The summed E-state index contributed by atoms with van der Waals surface area (Å²) in [5, 5.41) is 111. The van der Waals surface area contributed by atoms with Gasteiger partial charge in [-0.2, -0.15) is 5.26 Å². The van der Waals surface area contributed by atoms with Crippen LogP contribution < -0.4 is 32.3 Å². The number of aromatic hydroxyl groups is 1. The number of hydrogen-bond donors (Lipinski definition) is 14. The van der Waals surface area contributed by atoms with Crippen molar-refractivity contribution < 1.29 is 74.4 Å². The highest BCUT2D eigenvalue weighted by atomic mass is 16.3. The van der Waals surface area contributed by atoms with Gasteiger partial charge in [0.05, 0.1) is 36.6 Å². The van der Waals surface area contributed by atoms with Crippen LogP contribution in [0, 0.1) is 23.2 Å². The van der Waals surface area contributed by atoms with Gasteiger partial charge in [-0.1, -0.05) is 77.8 Å². The monoisotopic (exact) mass is 1060 g/mol. The van der Waals surface area contributed by atoms with Crippen LogP contribution in [0.4, 0.5) is 0 Å². The summed E-state index contributed by atoms with van der Waals surface area (Å²) in [6, 6.07) is -6.86. The second kappa shape index (κ2) is 29.7. The van der Waals surface area contributed by atoms with E-state index in [0.29, 0.717) is 24.7 Å².